The van der Waals surface area contributed by atoms with Gasteiger partial charge < -0.3 is 34.5 Å². The standard InChI is InChI=1S/C46H89N2O12P.2ClH/c1-7-9-11-13-15-17-19-21-23-25-27-29-43(49)55-35-41(59-45(51)30-28-26-24-22-20-18-16-14-12-10-8-2)37-57-61(53,54)58-38-42(60-46(52)32-34-48-40(5)6)36-56-44(50)31-33-47-39(3)4;;/h39-42,47-48H,7-38H2,1-6H3,(H,53,54);2*1H/t41-,42?;;/m1../s1. The second-order valence-electron chi connectivity index (χ2n) is 16.9. The summed E-state index contributed by atoms with van der Waals surface area (Å²) in [6.07, 6.45) is 23.2. The molecule has 0 aliphatic rings. The van der Waals surface area contributed by atoms with Crippen molar-refractivity contribution in [1.29, 1.82) is 0 Å². The predicted octanol–water partition coefficient (Wildman–Crippen LogP) is 11.1. The normalized spacial score (nSPS) is 13.1. The van der Waals surface area contributed by atoms with Gasteiger partial charge in [0.15, 0.2) is 12.2 Å². The van der Waals surface area contributed by atoms with Gasteiger partial charge in [-0.05, 0) is 12.8 Å². The number of hydrogen-bond acceptors (Lipinski definition) is 13. The Kier molecular flexibility index (Phi) is 47.6. The number of ether oxygens (including phenoxy) is 4. The minimum absolute atomic E-state index is 0. The minimum Gasteiger partial charge on any atom is -0.462 e. The van der Waals surface area contributed by atoms with Crippen LogP contribution in [0.5, 0.6) is 0 Å². The van der Waals surface area contributed by atoms with Gasteiger partial charge in [-0.3, -0.25) is 28.2 Å². The number of halogens is 2. The second-order valence-corrected chi connectivity index (χ2v) is 18.4. The van der Waals surface area contributed by atoms with Crippen LogP contribution in [0.3, 0.4) is 0 Å². The number of hydrogen-bond donors (Lipinski definition) is 3. The molecule has 17 heteroatoms. The summed E-state index contributed by atoms with van der Waals surface area (Å²) >= 11 is 0. The Hall–Kier alpha value is -1.51. The summed E-state index contributed by atoms with van der Waals surface area (Å²) in [7, 11) is -4.82. The van der Waals surface area contributed by atoms with Crippen molar-refractivity contribution in [2.75, 3.05) is 39.5 Å². The quantitative estimate of drug-likeness (QED) is 0.0227. The summed E-state index contributed by atoms with van der Waals surface area (Å²) in [6.45, 7) is 11.0. The van der Waals surface area contributed by atoms with Crippen molar-refractivity contribution in [2.45, 2.75) is 233 Å². The van der Waals surface area contributed by atoms with Gasteiger partial charge in [-0.15, -0.1) is 24.8 Å². The molecule has 3 N–H and O–H groups in total. The number of carbonyl (C=O) groups is 4. The summed E-state index contributed by atoms with van der Waals surface area (Å²) in [5.41, 5.74) is 0. The van der Waals surface area contributed by atoms with Crippen LogP contribution in [0, 0.1) is 0 Å². The highest BCUT2D eigenvalue weighted by molar-refractivity contribution is 7.47. The molecule has 0 saturated heterocycles. The molecule has 0 aromatic rings. The fourth-order valence-electron chi connectivity index (χ4n) is 6.42. The third-order valence-electron chi connectivity index (χ3n) is 10.0. The number of phosphoric ester groups is 1. The smallest absolute Gasteiger partial charge is 0.462 e. The monoisotopic (exact) mass is 965 g/mol. The fourth-order valence-corrected chi connectivity index (χ4v) is 7.21. The Bertz CT molecular complexity index is 1150. The van der Waals surface area contributed by atoms with Crippen molar-refractivity contribution < 1.29 is 56.6 Å². The molecule has 0 saturated carbocycles. The number of rotatable bonds is 44. The van der Waals surface area contributed by atoms with Gasteiger partial charge in [0.05, 0.1) is 26.1 Å². The first-order valence-corrected chi connectivity index (χ1v) is 25.6. The van der Waals surface area contributed by atoms with Gasteiger partial charge in [-0.1, -0.05) is 170 Å². The van der Waals surface area contributed by atoms with Crippen LogP contribution in [0.25, 0.3) is 0 Å². The number of carbonyl (C=O) groups excluding carboxylic acids is 4. The van der Waals surface area contributed by atoms with E-state index in [4.69, 9.17) is 28.0 Å². The van der Waals surface area contributed by atoms with E-state index < -0.39 is 63.7 Å². The molecule has 2 unspecified atom stereocenters. The molecular formula is C46H91Cl2N2O12P. The van der Waals surface area contributed by atoms with Crippen molar-refractivity contribution in [3.05, 3.63) is 0 Å². The minimum atomic E-state index is -4.82. The highest BCUT2D eigenvalue weighted by Gasteiger charge is 2.29. The molecule has 0 spiro atoms. The van der Waals surface area contributed by atoms with Crippen molar-refractivity contribution in [3.63, 3.8) is 0 Å². The molecule has 14 nitrogen and oxygen atoms in total. The first-order chi connectivity index (χ1) is 29.3. The molecule has 0 aromatic heterocycles. The third kappa shape index (κ3) is 46.8. The van der Waals surface area contributed by atoms with E-state index in [0.29, 0.717) is 25.9 Å². The van der Waals surface area contributed by atoms with Gasteiger partial charge in [-0.25, -0.2) is 4.57 Å². The van der Waals surface area contributed by atoms with Crippen molar-refractivity contribution >= 4 is 56.5 Å². The zero-order valence-corrected chi connectivity index (χ0v) is 42.7. The van der Waals surface area contributed by atoms with Gasteiger partial charge in [0, 0.05) is 38.0 Å². The van der Waals surface area contributed by atoms with E-state index in [1.807, 2.05) is 27.7 Å². The molecule has 0 rings (SSSR count). The van der Waals surface area contributed by atoms with Crippen LogP contribution in [0.4, 0.5) is 0 Å². The predicted molar refractivity (Wildman–Crippen MR) is 256 cm³/mol. The van der Waals surface area contributed by atoms with Crippen LogP contribution >= 0.6 is 32.6 Å². The van der Waals surface area contributed by atoms with E-state index in [1.165, 1.54) is 89.9 Å². The summed E-state index contributed by atoms with van der Waals surface area (Å²) in [6, 6.07) is 0.326. The molecular weight excluding hydrogens is 874 g/mol. The highest BCUT2D eigenvalue weighted by atomic mass is 35.5. The van der Waals surface area contributed by atoms with E-state index in [0.717, 1.165) is 38.5 Å². The summed E-state index contributed by atoms with van der Waals surface area (Å²) in [5, 5.41) is 6.22. The van der Waals surface area contributed by atoms with E-state index in [1.54, 1.807) is 0 Å². The van der Waals surface area contributed by atoms with Crippen molar-refractivity contribution in [1.82, 2.24) is 10.6 Å². The largest absolute Gasteiger partial charge is 0.472 e. The molecule has 63 heavy (non-hydrogen) atoms. The molecule has 0 amide bonds. The molecule has 0 aliphatic carbocycles. The van der Waals surface area contributed by atoms with E-state index in [2.05, 4.69) is 24.5 Å². The van der Waals surface area contributed by atoms with Crippen LogP contribution in [-0.4, -0.2) is 92.6 Å². The lowest BCUT2D eigenvalue weighted by Gasteiger charge is -2.22. The van der Waals surface area contributed by atoms with E-state index in [-0.39, 0.29) is 69.2 Å². The summed E-state index contributed by atoms with van der Waals surface area (Å²) in [4.78, 5) is 60.9. The first-order valence-electron chi connectivity index (χ1n) is 24.1. The average Bonchev–Trinajstić information content (AvgIpc) is 3.20. The Morgan fingerprint density at radius 2 is 0.730 bits per heavy atom. The molecule has 0 aromatic carbocycles. The molecule has 0 bridgehead atoms. The van der Waals surface area contributed by atoms with Gasteiger partial charge in [-0.2, -0.15) is 0 Å². The number of unbranched alkanes of at least 4 members (excludes halogenated alkanes) is 20. The first kappa shape index (κ1) is 65.8. The van der Waals surface area contributed by atoms with Crippen molar-refractivity contribution in [3.8, 4) is 0 Å². The maximum Gasteiger partial charge on any atom is 0.472 e. The van der Waals surface area contributed by atoms with Crippen LogP contribution in [0.2, 0.25) is 0 Å². The molecule has 0 fully saturated rings. The fraction of sp³-hybridized carbons (Fsp3) is 0.913. The lowest BCUT2D eigenvalue weighted by molar-refractivity contribution is -0.162. The zero-order chi connectivity index (χ0) is 45.4. The van der Waals surface area contributed by atoms with Gasteiger partial charge in [0.1, 0.15) is 13.2 Å². The lowest BCUT2D eigenvalue weighted by atomic mass is 10.1. The summed E-state index contributed by atoms with van der Waals surface area (Å²) < 4.78 is 45.1. The molecule has 376 valence electrons. The molecule has 0 heterocycles. The zero-order valence-electron chi connectivity index (χ0n) is 40.1. The third-order valence-corrected chi connectivity index (χ3v) is 11.0. The Morgan fingerprint density at radius 3 is 1.08 bits per heavy atom. The lowest BCUT2D eigenvalue weighted by Crippen LogP contribution is -2.33. The number of nitrogens with one attached hydrogen (secondary N) is 2. The number of esters is 4. The van der Waals surface area contributed by atoms with Crippen LogP contribution in [0.1, 0.15) is 208 Å². The molecule has 0 aliphatic heterocycles. The van der Waals surface area contributed by atoms with Gasteiger partial charge in [0.2, 0.25) is 0 Å². The van der Waals surface area contributed by atoms with E-state index in [9.17, 15) is 28.6 Å². The van der Waals surface area contributed by atoms with Crippen LogP contribution in [0.15, 0.2) is 0 Å². The maximum atomic E-state index is 13.0. The van der Waals surface area contributed by atoms with Crippen LogP contribution in [-0.2, 0) is 51.7 Å². The number of phosphoric acid groups is 1. The maximum absolute atomic E-state index is 13.0. The Labute approximate surface area is 394 Å². The molecule has 0 radical (unpaired) electrons. The average molecular weight is 966 g/mol. The van der Waals surface area contributed by atoms with Crippen LogP contribution < -0.4 is 10.6 Å². The van der Waals surface area contributed by atoms with Gasteiger partial charge >= 0.3 is 31.7 Å². The van der Waals surface area contributed by atoms with E-state index >= 15 is 0 Å². The topological polar surface area (TPSA) is 185 Å². The SMILES string of the molecule is CCCCCCCCCCCCCC(=O)OC[C@H](COP(=O)(O)OCC(COC(=O)CCNC(C)C)OC(=O)CCNC(C)C)OC(=O)CCCCCCCCCCCCC.Cl.Cl. The van der Waals surface area contributed by atoms with Gasteiger partial charge in [0.25, 0.3) is 0 Å². The highest BCUT2D eigenvalue weighted by Crippen LogP contribution is 2.43. The van der Waals surface area contributed by atoms with Crippen molar-refractivity contribution in [2.24, 2.45) is 0 Å². The Balaban J connectivity index is -0.0000180. The summed E-state index contributed by atoms with van der Waals surface area (Å²) in [5.74, 6) is -2.14. The second kappa shape index (κ2) is 45.6. The molecule has 3 atom stereocenters. The Morgan fingerprint density at radius 1 is 0.444 bits per heavy atom.